The average molecular weight is 208 g/mol. The van der Waals surface area contributed by atoms with Crippen molar-refractivity contribution >= 4 is 5.78 Å². The van der Waals surface area contributed by atoms with Crippen molar-refractivity contribution in [1.82, 2.24) is 0 Å². The molecule has 80 valence electrons. The van der Waals surface area contributed by atoms with Crippen molar-refractivity contribution in [3.05, 3.63) is 35.9 Å². The molecule has 1 aliphatic heterocycles. The van der Waals surface area contributed by atoms with Crippen LogP contribution < -0.4 is 0 Å². The largest absolute Gasteiger partial charge is 0.355 e. The van der Waals surface area contributed by atoms with Gasteiger partial charge in [0.25, 0.3) is 5.79 Å². The summed E-state index contributed by atoms with van der Waals surface area (Å²) in [5.41, 5.74) is 0.418. The Kier molecular flexibility index (Phi) is 2.56. The molecule has 4 heteroatoms. The van der Waals surface area contributed by atoms with Crippen molar-refractivity contribution in [2.75, 3.05) is 0 Å². The van der Waals surface area contributed by atoms with Gasteiger partial charge in [0, 0.05) is 5.56 Å². The molecule has 0 radical (unpaired) electrons. The van der Waals surface area contributed by atoms with E-state index < -0.39 is 17.7 Å². The van der Waals surface area contributed by atoms with Crippen molar-refractivity contribution in [3.8, 4) is 0 Å². The van der Waals surface area contributed by atoms with Crippen LogP contribution in [0.5, 0.6) is 0 Å². The smallest absolute Gasteiger partial charge is 0.292 e. The number of hydrogen-bond donors (Lipinski definition) is 1. The highest BCUT2D eigenvalue weighted by molar-refractivity contribution is 6.02. The Labute approximate surface area is 87.4 Å². The quantitative estimate of drug-likeness (QED) is 0.600. The van der Waals surface area contributed by atoms with E-state index in [1.54, 1.807) is 30.3 Å². The van der Waals surface area contributed by atoms with E-state index in [1.807, 2.05) is 6.92 Å². The Bertz CT molecular complexity index is 360. The summed E-state index contributed by atoms with van der Waals surface area (Å²) in [6.07, 6.45) is -0.0556. The SMILES string of the molecule is CCC1OOC1(O)C(=O)c1ccccc1. The van der Waals surface area contributed by atoms with E-state index in [9.17, 15) is 9.90 Å². The molecule has 0 saturated carbocycles. The third-order valence-corrected chi connectivity index (χ3v) is 2.46. The van der Waals surface area contributed by atoms with Gasteiger partial charge >= 0.3 is 0 Å². The minimum absolute atomic E-state index is 0.418. The zero-order chi connectivity index (χ0) is 10.9. The van der Waals surface area contributed by atoms with Crippen LogP contribution >= 0.6 is 0 Å². The molecule has 1 N–H and O–H groups in total. The molecular weight excluding hydrogens is 196 g/mol. The Balaban J connectivity index is 2.22. The van der Waals surface area contributed by atoms with Crippen LogP contribution in [0.1, 0.15) is 23.7 Å². The fourth-order valence-corrected chi connectivity index (χ4v) is 1.53. The van der Waals surface area contributed by atoms with Crippen LogP contribution in [0.15, 0.2) is 30.3 Å². The molecule has 1 aliphatic rings. The highest BCUT2D eigenvalue weighted by Gasteiger charge is 2.55. The zero-order valence-corrected chi connectivity index (χ0v) is 8.34. The first-order chi connectivity index (χ1) is 7.18. The van der Waals surface area contributed by atoms with E-state index in [-0.39, 0.29) is 0 Å². The van der Waals surface area contributed by atoms with E-state index >= 15 is 0 Å². The van der Waals surface area contributed by atoms with Gasteiger partial charge < -0.3 is 5.11 Å². The van der Waals surface area contributed by atoms with E-state index in [0.29, 0.717) is 12.0 Å². The predicted molar refractivity (Wildman–Crippen MR) is 52.0 cm³/mol. The van der Waals surface area contributed by atoms with E-state index in [2.05, 4.69) is 9.78 Å². The lowest BCUT2D eigenvalue weighted by atomic mass is 9.96. The minimum atomic E-state index is -1.81. The second kappa shape index (κ2) is 3.73. The first kappa shape index (κ1) is 10.3. The molecule has 2 rings (SSSR count). The lowest BCUT2D eigenvalue weighted by Gasteiger charge is -2.40. The van der Waals surface area contributed by atoms with Crippen molar-refractivity contribution in [1.29, 1.82) is 0 Å². The zero-order valence-electron chi connectivity index (χ0n) is 8.34. The molecule has 0 amide bonds. The molecule has 1 saturated heterocycles. The molecule has 1 fully saturated rings. The minimum Gasteiger partial charge on any atom is -0.355 e. The Morgan fingerprint density at radius 2 is 2.13 bits per heavy atom. The highest BCUT2D eigenvalue weighted by Crippen LogP contribution is 2.32. The molecule has 1 heterocycles. The molecule has 2 atom stereocenters. The summed E-state index contributed by atoms with van der Waals surface area (Å²) in [6, 6.07) is 8.54. The molecular formula is C11H12O4. The third kappa shape index (κ3) is 1.56. The summed E-state index contributed by atoms with van der Waals surface area (Å²) in [6.45, 7) is 1.82. The van der Waals surface area contributed by atoms with Crippen molar-refractivity contribution in [3.63, 3.8) is 0 Å². The van der Waals surface area contributed by atoms with Gasteiger partial charge in [0.05, 0.1) is 0 Å². The van der Waals surface area contributed by atoms with E-state index in [1.165, 1.54) is 0 Å². The molecule has 1 aromatic rings. The van der Waals surface area contributed by atoms with Gasteiger partial charge in [-0.2, -0.15) is 4.89 Å². The summed E-state index contributed by atoms with van der Waals surface area (Å²) in [5.74, 6) is -2.27. The van der Waals surface area contributed by atoms with Crippen LogP contribution in [-0.4, -0.2) is 22.8 Å². The normalized spacial score (nSPS) is 29.6. The number of aliphatic hydroxyl groups is 1. The standard InChI is InChI=1S/C11H12O4/c1-2-9-11(13,15-14-9)10(12)8-6-4-3-5-7-8/h3-7,9,13H,2H2,1H3. The van der Waals surface area contributed by atoms with Crippen LogP contribution in [0.25, 0.3) is 0 Å². The number of benzene rings is 1. The molecule has 4 nitrogen and oxygen atoms in total. The summed E-state index contributed by atoms with van der Waals surface area (Å²) >= 11 is 0. The van der Waals surface area contributed by atoms with Gasteiger partial charge in [-0.3, -0.25) is 4.79 Å². The Morgan fingerprint density at radius 3 is 2.60 bits per heavy atom. The van der Waals surface area contributed by atoms with Gasteiger partial charge in [0.1, 0.15) is 0 Å². The van der Waals surface area contributed by atoms with Crippen LogP contribution in [0.2, 0.25) is 0 Å². The maximum absolute atomic E-state index is 11.9. The Morgan fingerprint density at radius 1 is 1.47 bits per heavy atom. The maximum Gasteiger partial charge on any atom is 0.292 e. The molecule has 0 spiro atoms. The summed E-state index contributed by atoms with van der Waals surface area (Å²) in [7, 11) is 0. The summed E-state index contributed by atoms with van der Waals surface area (Å²) in [5, 5.41) is 9.89. The van der Waals surface area contributed by atoms with Crippen LogP contribution in [-0.2, 0) is 9.78 Å². The number of hydrogen-bond acceptors (Lipinski definition) is 4. The number of ketones is 1. The first-order valence-corrected chi connectivity index (χ1v) is 4.85. The maximum atomic E-state index is 11.9. The topological polar surface area (TPSA) is 55.8 Å². The second-order valence-electron chi connectivity index (χ2n) is 3.47. The fourth-order valence-electron chi connectivity index (χ4n) is 1.53. The Hall–Kier alpha value is -1.23. The summed E-state index contributed by atoms with van der Waals surface area (Å²) < 4.78 is 0. The average Bonchev–Trinajstić information content (AvgIpc) is 2.27. The van der Waals surface area contributed by atoms with Crippen molar-refractivity contribution in [2.45, 2.75) is 25.2 Å². The fraction of sp³-hybridized carbons (Fsp3) is 0.364. The molecule has 1 aromatic carbocycles. The highest BCUT2D eigenvalue weighted by atomic mass is 17.3. The van der Waals surface area contributed by atoms with E-state index in [0.717, 1.165) is 0 Å². The lowest BCUT2D eigenvalue weighted by molar-refractivity contribution is -0.542. The predicted octanol–water partition coefficient (Wildman–Crippen LogP) is 1.30. The molecule has 0 bridgehead atoms. The van der Waals surface area contributed by atoms with Crippen LogP contribution in [0.3, 0.4) is 0 Å². The van der Waals surface area contributed by atoms with Gasteiger partial charge in [-0.05, 0) is 6.42 Å². The van der Waals surface area contributed by atoms with Crippen LogP contribution in [0.4, 0.5) is 0 Å². The number of Topliss-reactive ketones (excluding diaryl/α,β-unsaturated/α-hetero) is 1. The van der Waals surface area contributed by atoms with Gasteiger partial charge in [0.15, 0.2) is 6.10 Å². The first-order valence-electron chi connectivity index (χ1n) is 4.85. The van der Waals surface area contributed by atoms with Crippen molar-refractivity contribution < 1.29 is 19.7 Å². The molecule has 15 heavy (non-hydrogen) atoms. The monoisotopic (exact) mass is 208 g/mol. The second-order valence-corrected chi connectivity index (χ2v) is 3.47. The van der Waals surface area contributed by atoms with Gasteiger partial charge in [-0.15, -0.1) is 0 Å². The lowest BCUT2D eigenvalue weighted by Crippen LogP contribution is -2.61. The number of carbonyl (C=O) groups excluding carboxylic acids is 1. The molecule has 0 aliphatic carbocycles. The summed E-state index contributed by atoms with van der Waals surface area (Å²) in [4.78, 5) is 21.1. The number of carbonyl (C=O) groups is 1. The van der Waals surface area contributed by atoms with Crippen molar-refractivity contribution in [2.24, 2.45) is 0 Å². The molecule has 2 unspecified atom stereocenters. The van der Waals surface area contributed by atoms with E-state index in [4.69, 9.17) is 0 Å². The van der Waals surface area contributed by atoms with Gasteiger partial charge in [0.2, 0.25) is 5.78 Å². The number of rotatable bonds is 3. The van der Waals surface area contributed by atoms with Gasteiger partial charge in [-0.1, -0.05) is 37.3 Å². The van der Waals surface area contributed by atoms with Crippen LogP contribution in [0, 0.1) is 0 Å². The third-order valence-electron chi connectivity index (χ3n) is 2.46. The van der Waals surface area contributed by atoms with Gasteiger partial charge in [-0.25, -0.2) is 4.89 Å². The molecule has 0 aromatic heterocycles.